The van der Waals surface area contributed by atoms with Crippen molar-refractivity contribution in [2.75, 3.05) is 37.6 Å². The molecule has 0 radical (unpaired) electrons. The number of fused-ring (bicyclic) bond motifs is 3. The van der Waals surface area contributed by atoms with E-state index in [1.165, 1.54) is 9.80 Å². The number of benzene rings is 1. The smallest absolute Gasteiger partial charge is 0.341 e. The molecule has 1 atom stereocenters. The quantitative estimate of drug-likeness (QED) is 0.550. The summed E-state index contributed by atoms with van der Waals surface area (Å²) in [6, 6.07) is 7.19. The third-order valence-corrected chi connectivity index (χ3v) is 8.42. The zero-order valence-electron chi connectivity index (χ0n) is 21.3. The summed E-state index contributed by atoms with van der Waals surface area (Å²) >= 11 is 0. The minimum absolute atomic E-state index is 0.0204. The van der Waals surface area contributed by atoms with Crippen LogP contribution in [0.25, 0.3) is 10.9 Å². The van der Waals surface area contributed by atoms with Crippen LogP contribution >= 0.6 is 0 Å². The normalized spacial score (nSPS) is 20.8. The van der Waals surface area contributed by atoms with Crippen LogP contribution in [0.5, 0.6) is 0 Å². The molecule has 2 saturated heterocycles. The number of H-pyrrole nitrogens is 1. The van der Waals surface area contributed by atoms with Crippen molar-refractivity contribution in [3.63, 3.8) is 0 Å². The van der Waals surface area contributed by atoms with E-state index in [0.29, 0.717) is 37.3 Å². The second-order valence-corrected chi connectivity index (χ2v) is 10.6. The molecule has 204 valence electrons. The highest BCUT2D eigenvalue weighted by molar-refractivity contribution is 6.11. The second-order valence-electron chi connectivity index (χ2n) is 10.6. The zero-order chi connectivity index (χ0) is 27.5. The first-order valence-corrected chi connectivity index (χ1v) is 12.9. The number of nitrogens with zero attached hydrogens (tertiary/aromatic N) is 5. The summed E-state index contributed by atoms with van der Waals surface area (Å²) in [6.45, 7) is 1.89. The summed E-state index contributed by atoms with van der Waals surface area (Å²) < 4.78 is 39.5. The predicted molar refractivity (Wildman–Crippen MR) is 135 cm³/mol. The summed E-state index contributed by atoms with van der Waals surface area (Å²) in [6.07, 6.45) is -0.557. The number of hydrogen-bond acceptors (Lipinski definition) is 5. The summed E-state index contributed by atoms with van der Waals surface area (Å²) in [4.78, 5) is 48.8. The van der Waals surface area contributed by atoms with Crippen molar-refractivity contribution in [1.82, 2.24) is 25.0 Å². The Morgan fingerprint density at radius 2 is 1.90 bits per heavy atom. The fourth-order valence-electron chi connectivity index (χ4n) is 6.30. The first kappa shape index (κ1) is 25.3. The molecule has 2 aromatic heterocycles. The molecule has 9 nitrogen and oxygen atoms in total. The molecule has 0 aliphatic carbocycles. The summed E-state index contributed by atoms with van der Waals surface area (Å²) in [5, 5.41) is 7.54. The number of amides is 3. The topological polar surface area (TPSA) is 102 Å². The third kappa shape index (κ3) is 4.12. The average molecular weight is 541 g/mol. The number of aromatic nitrogens is 3. The maximum Gasteiger partial charge on any atom is 0.393 e. The van der Waals surface area contributed by atoms with Gasteiger partial charge in [0, 0.05) is 37.3 Å². The molecule has 3 aromatic rings. The fourth-order valence-corrected chi connectivity index (χ4v) is 6.30. The van der Waals surface area contributed by atoms with Crippen LogP contribution in [0, 0.1) is 12.8 Å². The van der Waals surface area contributed by atoms with Crippen molar-refractivity contribution in [2.24, 2.45) is 5.92 Å². The van der Waals surface area contributed by atoms with E-state index < -0.39 is 23.4 Å². The standard InChI is InChI=1S/C27H27F3N6O3/c1-16-3-2-4-21-23(16)26(25(39)36(21)15-22(37)35-8-5-18(14-35)27(28,29)30)6-9-34(10-7-26)24(38)19-11-17-12-32-33-20(17)13-31-19/h2-4,11-13,18H,5-10,14-15H2,1H3,(H,32,33). The number of pyridine rings is 1. The van der Waals surface area contributed by atoms with Crippen molar-refractivity contribution in [3.05, 3.63) is 53.5 Å². The lowest BCUT2D eigenvalue weighted by Gasteiger charge is -2.39. The minimum Gasteiger partial charge on any atom is -0.341 e. The lowest BCUT2D eigenvalue weighted by Crippen LogP contribution is -2.51. The van der Waals surface area contributed by atoms with Crippen LogP contribution in [-0.4, -0.2) is 81.6 Å². The highest BCUT2D eigenvalue weighted by Gasteiger charge is 2.54. The molecule has 1 spiro atoms. The van der Waals surface area contributed by atoms with Crippen molar-refractivity contribution < 1.29 is 27.6 Å². The summed E-state index contributed by atoms with van der Waals surface area (Å²) in [5.74, 6) is -2.50. The Morgan fingerprint density at radius 3 is 2.62 bits per heavy atom. The number of carbonyl (C=O) groups is 3. The molecule has 2 fully saturated rings. The fraction of sp³-hybridized carbons (Fsp3) is 0.444. The van der Waals surface area contributed by atoms with Gasteiger partial charge in [-0.05, 0) is 49.4 Å². The van der Waals surface area contributed by atoms with E-state index in [-0.39, 0.29) is 37.9 Å². The summed E-state index contributed by atoms with van der Waals surface area (Å²) in [5.41, 5.74) is 2.48. The van der Waals surface area contributed by atoms with Gasteiger partial charge in [-0.2, -0.15) is 18.3 Å². The number of likely N-dealkylation sites (tertiary alicyclic amines) is 2. The first-order valence-electron chi connectivity index (χ1n) is 12.9. The van der Waals surface area contributed by atoms with E-state index in [1.54, 1.807) is 29.4 Å². The van der Waals surface area contributed by atoms with Crippen molar-refractivity contribution in [3.8, 4) is 0 Å². The largest absolute Gasteiger partial charge is 0.393 e. The van der Waals surface area contributed by atoms with E-state index in [9.17, 15) is 27.6 Å². The number of nitrogens with one attached hydrogen (secondary N) is 1. The molecule has 1 N–H and O–H groups in total. The molecule has 6 rings (SSSR count). The van der Waals surface area contributed by atoms with Gasteiger partial charge in [0.2, 0.25) is 11.8 Å². The van der Waals surface area contributed by atoms with E-state index in [2.05, 4.69) is 15.2 Å². The number of aryl methyl sites for hydroxylation is 1. The molecule has 5 heterocycles. The Morgan fingerprint density at radius 1 is 1.13 bits per heavy atom. The highest BCUT2D eigenvalue weighted by atomic mass is 19.4. The van der Waals surface area contributed by atoms with Crippen LogP contribution in [0.3, 0.4) is 0 Å². The SMILES string of the molecule is Cc1cccc2c1C1(CCN(C(=O)c3cc4cn[nH]c4cn3)CC1)C(=O)N2CC(=O)N1CCC(C(F)(F)F)C1. The molecule has 0 bridgehead atoms. The van der Waals surface area contributed by atoms with Gasteiger partial charge in [0.25, 0.3) is 5.91 Å². The highest BCUT2D eigenvalue weighted by Crippen LogP contribution is 2.49. The zero-order valence-corrected chi connectivity index (χ0v) is 21.3. The average Bonchev–Trinajstić information content (AvgIpc) is 3.64. The van der Waals surface area contributed by atoms with Crippen molar-refractivity contribution >= 4 is 34.3 Å². The van der Waals surface area contributed by atoms with Crippen LogP contribution in [0.15, 0.2) is 36.7 Å². The van der Waals surface area contributed by atoms with Crippen LogP contribution in [0.2, 0.25) is 0 Å². The number of carbonyl (C=O) groups excluding carboxylic acids is 3. The van der Waals surface area contributed by atoms with Gasteiger partial charge in [-0.15, -0.1) is 0 Å². The molecule has 3 aliphatic heterocycles. The number of aromatic amines is 1. The van der Waals surface area contributed by atoms with Gasteiger partial charge in [0.15, 0.2) is 0 Å². The maximum absolute atomic E-state index is 14.0. The van der Waals surface area contributed by atoms with Crippen molar-refractivity contribution in [1.29, 1.82) is 0 Å². The lowest BCUT2D eigenvalue weighted by atomic mass is 9.72. The molecular formula is C27H27F3N6O3. The minimum atomic E-state index is -4.35. The Balaban J connectivity index is 1.21. The molecule has 0 saturated carbocycles. The number of piperidine rings is 1. The van der Waals surface area contributed by atoms with Crippen LogP contribution in [0.4, 0.5) is 18.9 Å². The van der Waals surface area contributed by atoms with E-state index in [0.717, 1.165) is 22.0 Å². The van der Waals surface area contributed by atoms with Gasteiger partial charge in [-0.25, -0.2) is 4.98 Å². The van der Waals surface area contributed by atoms with E-state index in [4.69, 9.17) is 0 Å². The van der Waals surface area contributed by atoms with E-state index in [1.807, 2.05) is 19.1 Å². The van der Waals surface area contributed by atoms with Gasteiger partial charge in [-0.3, -0.25) is 19.5 Å². The van der Waals surface area contributed by atoms with Crippen LogP contribution in [0.1, 0.15) is 40.9 Å². The van der Waals surface area contributed by atoms with Gasteiger partial charge in [0.1, 0.15) is 12.2 Å². The number of halogens is 3. The Labute approximate surface area is 222 Å². The second kappa shape index (κ2) is 9.06. The number of hydrogen-bond donors (Lipinski definition) is 1. The summed E-state index contributed by atoms with van der Waals surface area (Å²) in [7, 11) is 0. The Hall–Kier alpha value is -3.96. The molecule has 39 heavy (non-hydrogen) atoms. The first-order chi connectivity index (χ1) is 18.6. The van der Waals surface area contributed by atoms with Gasteiger partial charge >= 0.3 is 6.18 Å². The number of rotatable bonds is 3. The van der Waals surface area contributed by atoms with Gasteiger partial charge in [-0.1, -0.05) is 12.1 Å². The molecule has 1 aromatic carbocycles. The predicted octanol–water partition coefficient (Wildman–Crippen LogP) is 3.20. The van der Waals surface area contributed by atoms with Crippen LogP contribution in [-0.2, 0) is 15.0 Å². The molecular weight excluding hydrogens is 513 g/mol. The third-order valence-electron chi connectivity index (χ3n) is 8.42. The lowest BCUT2D eigenvalue weighted by molar-refractivity contribution is -0.171. The van der Waals surface area contributed by atoms with Gasteiger partial charge < -0.3 is 14.7 Å². The van der Waals surface area contributed by atoms with Crippen LogP contribution < -0.4 is 4.90 Å². The Bertz CT molecular complexity index is 1480. The molecule has 3 aliphatic rings. The maximum atomic E-state index is 14.0. The van der Waals surface area contributed by atoms with E-state index >= 15 is 0 Å². The number of anilines is 1. The monoisotopic (exact) mass is 540 g/mol. The molecule has 12 heteroatoms. The Kier molecular flexibility index (Phi) is 5.88. The number of alkyl halides is 3. The molecule has 3 amide bonds. The molecule has 1 unspecified atom stereocenters. The van der Waals surface area contributed by atoms with Gasteiger partial charge in [0.05, 0.1) is 29.2 Å². The van der Waals surface area contributed by atoms with Crippen molar-refractivity contribution in [2.45, 2.75) is 37.8 Å².